The first kappa shape index (κ1) is 13.9. The summed E-state index contributed by atoms with van der Waals surface area (Å²) >= 11 is 0. The standard InChI is InChI=1S/C9H12N2.2C2H6/c1-7-4-5-8-3-2-6-10-9(8)11-7;2*1-2/h2-3,6-7H,4-5H2,1H3,(H,10,11);2*1-2H3. The van der Waals surface area contributed by atoms with E-state index in [2.05, 4.69) is 23.3 Å². The van der Waals surface area contributed by atoms with E-state index in [4.69, 9.17) is 0 Å². The largest absolute Gasteiger partial charge is 0.367 e. The predicted molar refractivity (Wildman–Crippen MR) is 68.3 cm³/mol. The maximum Gasteiger partial charge on any atom is 0.129 e. The van der Waals surface area contributed by atoms with Crippen molar-refractivity contribution in [3.63, 3.8) is 0 Å². The van der Waals surface area contributed by atoms with Crippen LogP contribution in [0.5, 0.6) is 0 Å². The maximum absolute atomic E-state index is 4.26. The Morgan fingerprint density at radius 1 is 1.27 bits per heavy atom. The number of fused-ring (bicyclic) bond motifs is 1. The third-order valence-corrected chi connectivity index (χ3v) is 2.12. The van der Waals surface area contributed by atoms with Crippen LogP contribution in [-0.4, -0.2) is 11.0 Å². The number of rotatable bonds is 0. The third-order valence-electron chi connectivity index (χ3n) is 2.12. The highest BCUT2D eigenvalue weighted by atomic mass is 15.0. The van der Waals surface area contributed by atoms with E-state index in [-0.39, 0.29) is 0 Å². The van der Waals surface area contributed by atoms with Crippen molar-refractivity contribution in [2.75, 3.05) is 5.32 Å². The van der Waals surface area contributed by atoms with Crippen molar-refractivity contribution in [3.05, 3.63) is 23.9 Å². The second-order valence-corrected chi connectivity index (χ2v) is 3.10. The molecule has 1 N–H and O–H groups in total. The van der Waals surface area contributed by atoms with Crippen molar-refractivity contribution in [2.24, 2.45) is 0 Å². The summed E-state index contributed by atoms with van der Waals surface area (Å²) in [6, 6.07) is 4.72. The van der Waals surface area contributed by atoms with Gasteiger partial charge in [0.05, 0.1) is 0 Å². The molecule has 2 nitrogen and oxygen atoms in total. The molecule has 0 bridgehead atoms. The van der Waals surface area contributed by atoms with Gasteiger partial charge in [-0.25, -0.2) is 4.98 Å². The monoisotopic (exact) mass is 208 g/mol. The molecule has 1 atom stereocenters. The molecule has 0 radical (unpaired) electrons. The Kier molecular flexibility index (Phi) is 7.69. The summed E-state index contributed by atoms with van der Waals surface area (Å²) in [5.41, 5.74) is 1.35. The molecular formula is C13H24N2. The van der Waals surface area contributed by atoms with Crippen LogP contribution >= 0.6 is 0 Å². The summed E-state index contributed by atoms with van der Waals surface area (Å²) in [7, 11) is 0. The molecule has 0 fully saturated rings. The second-order valence-electron chi connectivity index (χ2n) is 3.10. The highest BCUT2D eigenvalue weighted by Crippen LogP contribution is 2.20. The van der Waals surface area contributed by atoms with Crippen LogP contribution in [0.25, 0.3) is 0 Å². The summed E-state index contributed by atoms with van der Waals surface area (Å²) in [5, 5.41) is 3.35. The molecule has 0 aliphatic carbocycles. The van der Waals surface area contributed by atoms with Gasteiger partial charge in [-0.2, -0.15) is 0 Å². The van der Waals surface area contributed by atoms with Gasteiger partial charge in [0.1, 0.15) is 5.82 Å². The first-order valence-corrected chi connectivity index (χ1v) is 6.06. The number of hydrogen-bond acceptors (Lipinski definition) is 2. The molecule has 0 saturated carbocycles. The number of pyridine rings is 1. The number of aryl methyl sites for hydroxylation is 1. The van der Waals surface area contributed by atoms with Crippen LogP contribution in [0.1, 0.15) is 46.6 Å². The van der Waals surface area contributed by atoms with E-state index in [1.165, 1.54) is 12.0 Å². The SMILES string of the molecule is CC.CC.CC1CCc2cccnc2N1. The fourth-order valence-electron chi connectivity index (χ4n) is 1.45. The van der Waals surface area contributed by atoms with Gasteiger partial charge < -0.3 is 5.32 Å². The Morgan fingerprint density at radius 3 is 2.60 bits per heavy atom. The Morgan fingerprint density at radius 2 is 1.93 bits per heavy atom. The highest BCUT2D eigenvalue weighted by molar-refractivity contribution is 5.46. The minimum atomic E-state index is 0.581. The lowest BCUT2D eigenvalue weighted by Gasteiger charge is -2.22. The van der Waals surface area contributed by atoms with Crippen LogP contribution in [0.2, 0.25) is 0 Å². The van der Waals surface area contributed by atoms with E-state index >= 15 is 0 Å². The van der Waals surface area contributed by atoms with Crippen LogP contribution in [0.3, 0.4) is 0 Å². The molecule has 15 heavy (non-hydrogen) atoms. The second kappa shape index (κ2) is 8.27. The van der Waals surface area contributed by atoms with Crippen molar-refractivity contribution in [1.29, 1.82) is 0 Å². The lowest BCUT2D eigenvalue weighted by atomic mass is 10.0. The summed E-state index contributed by atoms with van der Waals surface area (Å²) in [4.78, 5) is 4.26. The number of hydrogen-bond donors (Lipinski definition) is 1. The minimum Gasteiger partial charge on any atom is -0.367 e. The molecule has 1 aliphatic rings. The predicted octanol–water partition coefficient (Wildman–Crippen LogP) is 3.88. The number of nitrogens with zero attached hydrogens (tertiary/aromatic N) is 1. The van der Waals surface area contributed by atoms with Gasteiger partial charge >= 0.3 is 0 Å². The Bertz CT molecular complexity index is 258. The van der Waals surface area contributed by atoms with E-state index < -0.39 is 0 Å². The average molecular weight is 208 g/mol. The molecule has 86 valence electrons. The Hall–Kier alpha value is -1.05. The number of nitrogens with one attached hydrogen (secondary N) is 1. The zero-order chi connectivity index (χ0) is 11.7. The van der Waals surface area contributed by atoms with Crippen molar-refractivity contribution >= 4 is 5.82 Å². The first-order chi connectivity index (χ1) is 7.36. The highest BCUT2D eigenvalue weighted by Gasteiger charge is 2.13. The molecule has 1 aliphatic heterocycles. The molecule has 1 aromatic heterocycles. The molecule has 1 unspecified atom stereocenters. The van der Waals surface area contributed by atoms with Crippen molar-refractivity contribution < 1.29 is 0 Å². The molecule has 0 aromatic carbocycles. The topological polar surface area (TPSA) is 24.9 Å². The lowest BCUT2D eigenvalue weighted by molar-refractivity contribution is 0.674. The summed E-state index contributed by atoms with van der Waals surface area (Å²) in [6.07, 6.45) is 4.22. The zero-order valence-corrected chi connectivity index (χ0v) is 10.7. The van der Waals surface area contributed by atoms with Crippen molar-refractivity contribution in [1.82, 2.24) is 4.98 Å². The number of anilines is 1. The lowest BCUT2D eigenvalue weighted by Crippen LogP contribution is -2.22. The summed E-state index contributed by atoms with van der Waals surface area (Å²) in [5.74, 6) is 1.08. The third kappa shape index (κ3) is 4.32. The van der Waals surface area contributed by atoms with E-state index in [1.807, 2.05) is 40.0 Å². The van der Waals surface area contributed by atoms with Gasteiger partial charge in [0.15, 0.2) is 0 Å². The molecule has 2 heterocycles. The minimum absolute atomic E-state index is 0.581. The van der Waals surface area contributed by atoms with Crippen LogP contribution in [-0.2, 0) is 6.42 Å². The van der Waals surface area contributed by atoms with Crippen molar-refractivity contribution in [3.8, 4) is 0 Å². The van der Waals surface area contributed by atoms with Gasteiger partial charge in [-0.1, -0.05) is 33.8 Å². The van der Waals surface area contributed by atoms with Crippen molar-refractivity contribution in [2.45, 2.75) is 53.5 Å². The van der Waals surface area contributed by atoms with E-state index in [0.717, 1.165) is 12.2 Å². The van der Waals surface area contributed by atoms with E-state index in [0.29, 0.717) is 6.04 Å². The molecule has 2 heteroatoms. The molecule has 0 amide bonds. The normalized spacial score (nSPS) is 17.0. The average Bonchev–Trinajstić information content (AvgIpc) is 2.34. The summed E-state index contributed by atoms with van der Waals surface area (Å²) in [6.45, 7) is 10.2. The van der Waals surface area contributed by atoms with Crippen LogP contribution in [0.15, 0.2) is 18.3 Å². The zero-order valence-electron chi connectivity index (χ0n) is 10.7. The quantitative estimate of drug-likeness (QED) is 0.700. The van der Waals surface area contributed by atoms with Gasteiger partial charge in [0.25, 0.3) is 0 Å². The van der Waals surface area contributed by atoms with Gasteiger partial charge in [0, 0.05) is 12.2 Å². The molecular weight excluding hydrogens is 184 g/mol. The first-order valence-electron chi connectivity index (χ1n) is 6.06. The molecule has 1 aromatic rings. The van der Waals surface area contributed by atoms with Gasteiger partial charge in [0.2, 0.25) is 0 Å². The van der Waals surface area contributed by atoms with E-state index in [1.54, 1.807) is 0 Å². The molecule has 0 spiro atoms. The van der Waals surface area contributed by atoms with Crippen LogP contribution in [0, 0.1) is 0 Å². The molecule has 2 rings (SSSR count). The van der Waals surface area contributed by atoms with E-state index in [9.17, 15) is 0 Å². The number of aromatic nitrogens is 1. The fraction of sp³-hybridized carbons (Fsp3) is 0.615. The Balaban J connectivity index is 0.000000442. The Labute approximate surface area is 94.1 Å². The summed E-state index contributed by atoms with van der Waals surface area (Å²) < 4.78 is 0. The van der Waals surface area contributed by atoms with Crippen LogP contribution < -0.4 is 5.32 Å². The van der Waals surface area contributed by atoms with Crippen LogP contribution in [0.4, 0.5) is 5.82 Å². The van der Waals surface area contributed by atoms with Gasteiger partial charge in [-0.15, -0.1) is 0 Å². The molecule has 0 saturated heterocycles. The smallest absolute Gasteiger partial charge is 0.129 e. The van der Waals surface area contributed by atoms with Gasteiger partial charge in [-0.05, 0) is 31.4 Å². The fourth-order valence-corrected chi connectivity index (χ4v) is 1.45. The maximum atomic E-state index is 4.26. The van der Waals surface area contributed by atoms with Gasteiger partial charge in [-0.3, -0.25) is 0 Å².